The number of anilines is 1. The Morgan fingerprint density at radius 2 is 2.28 bits per heavy atom. The standard InChI is InChI=1S/C13H14N4O/c1-9-3-4-10(5-12(9)18-2)7-17-8-11(6-14)13(15)16-17/h3-5,8H,7H2,1-2H3,(H2,15,16). The van der Waals surface area contributed by atoms with Crippen molar-refractivity contribution >= 4 is 5.82 Å². The Kier molecular flexibility index (Phi) is 3.20. The summed E-state index contributed by atoms with van der Waals surface area (Å²) in [6.07, 6.45) is 1.64. The van der Waals surface area contributed by atoms with Gasteiger partial charge in [-0.1, -0.05) is 12.1 Å². The van der Waals surface area contributed by atoms with Crippen LogP contribution in [0, 0.1) is 18.3 Å². The molecule has 2 rings (SSSR count). The summed E-state index contributed by atoms with van der Waals surface area (Å²) in [6.45, 7) is 2.55. The van der Waals surface area contributed by atoms with Gasteiger partial charge in [-0.25, -0.2) is 0 Å². The van der Waals surface area contributed by atoms with E-state index in [9.17, 15) is 0 Å². The minimum absolute atomic E-state index is 0.261. The molecule has 0 saturated heterocycles. The van der Waals surface area contributed by atoms with E-state index < -0.39 is 0 Å². The quantitative estimate of drug-likeness (QED) is 0.888. The molecular weight excluding hydrogens is 228 g/mol. The van der Waals surface area contributed by atoms with Crippen molar-refractivity contribution in [1.82, 2.24) is 9.78 Å². The molecule has 2 N–H and O–H groups in total. The number of nitrogens with two attached hydrogens (primary N) is 1. The Hall–Kier alpha value is -2.48. The van der Waals surface area contributed by atoms with Crippen LogP contribution in [0.5, 0.6) is 5.75 Å². The molecule has 1 heterocycles. The molecule has 2 aromatic rings. The van der Waals surface area contributed by atoms with Gasteiger partial charge in [0.05, 0.1) is 13.7 Å². The molecule has 0 bridgehead atoms. The van der Waals surface area contributed by atoms with Gasteiger partial charge >= 0.3 is 0 Å². The molecule has 18 heavy (non-hydrogen) atoms. The largest absolute Gasteiger partial charge is 0.496 e. The van der Waals surface area contributed by atoms with Crippen LogP contribution in [0.1, 0.15) is 16.7 Å². The SMILES string of the molecule is COc1cc(Cn2cc(C#N)c(N)n2)ccc1C. The summed E-state index contributed by atoms with van der Waals surface area (Å²) in [7, 11) is 1.64. The first-order valence-corrected chi connectivity index (χ1v) is 5.50. The van der Waals surface area contributed by atoms with Crippen LogP contribution in [-0.4, -0.2) is 16.9 Å². The van der Waals surface area contributed by atoms with Crippen LogP contribution >= 0.6 is 0 Å². The van der Waals surface area contributed by atoms with Crippen LogP contribution in [-0.2, 0) is 6.54 Å². The van der Waals surface area contributed by atoms with E-state index in [-0.39, 0.29) is 5.82 Å². The number of aryl methyl sites for hydroxylation is 1. The van der Waals surface area contributed by atoms with Crippen LogP contribution in [0.2, 0.25) is 0 Å². The molecule has 0 aliphatic rings. The number of nitrogens with zero attached hydrogens (tertiary/aromatic N) is 3. The molecule has 5 nitrogen and oxygen atoms in total. The number of rotatable bonds is 3. The van der Waals surface area contributed by atoms with Crippen LogP contribution < -0.4 is 10.5 Å². The lowest BCUT2D eigenvalue weighted by Crippen LogP contribution is -2.01. The lowest BCUT2D eigenvalue weighted by atomic mass is 10.1. The van der Waals surface area contributed by atoms with Crippen molar-refractivity contribution < 1.29 is 4.74 Å². The zero-order chi connectivity index (χ0) is 13.1. The van der Waals surface area contributed by atoms with Gasteiger partial charge in [-0.05, 0) is 24.1 Å². The van der Waals surface area contributed by atoms with Crippen LogP contribution in [0.3, 0.4) is 0 Å². The van der Waals surface area contributed by atoms with Crippen molar-refractivity contribution in [3.63, 3.8) is 0 Å². The molecule has 0 fully saturated rings. The van der Waals surface area contributed by atoms with E-state index in [1.807, 2.05) is 31.2 Å². The number of benzene rings is 1. The van der Waals surface area contributed by atoms with E-state index in [2.05, 4.69) is 5.10 Å². The van der Waals surface area contributed by atoms with Crippen molar-refractivity contribution in [2.45, 2.75) is 13.5 Å². The van der Waals surface area contributed by atoms with Gasteiger partial charge in [0, 0.05) is 6.20 Å². The topological polar surface area (TPSA) is 76.9 Å². The van der Waals surface area contributed by atoms with E-state index in [1.165, 1.54) is 0 Å². The lowest BCUT2D eigenvalue weighted by Gasteiger charge is -2.07. The number of nitrogen functional groups attached to an aromatic ring is 1. The molecule has 0 aliphatic heterocycles. The lowest BCUT2D eigenvalue weighted by molar-refractivity contribution is 0.411. The van der Waals surface area contributed by atoms with Crippen molar-refractivity contribution in [2.75, 3.05) is 12.8 Å². The minimum atomic E-state index is 0.261. The highest BCUT2D eigenvalue weighted by Crippen LogP contribution is 2.20. The van der Waals surface area contributed by atoms with Gasteiger partial charge < -0.3 is 10.5 Å². The maximum Gasteiger partial charge on any atom is 0.163 e. The number of nitriles is 1. The van der Waals surface area contributed by atoms with Crippen LogP contribution in [0.4, 0.5) is 5.82 Å². The smallest absolute Gasteiger partial charge is 0.163 e. The van der Waals surface area contributed by atoms with Crippen molar-refractivity contribution in [3.8, 4) is 11.8 Å². The first kappa shape index (κ1) is 12.0. The van der Waals surface area contributed by atoms with E-state index in [0.29, 0.717) is 12.1 Å². The van der Waals surface area contributed by atoms with E-state index in [1.54, 1.807) is 18.0 Å². The summed E-state index contributed by atoms with van der Waals surface area (Å²) >= 11 is 0. The molecule has 5 heteroatoms. The minimum Gasteiger partial charge on any atom is -0.496 e. The highest BCUT2D eigenvalue weighted by molar-refractivity contribution is 5.46. The number of hydrogen-bond acceptors (Lipinski definition) is 4. The Morgan fingerprint density at radius 3 is 2.89 bits per heavy atom. The molecule has 0 amide bonds. The summed E-state index contributed by atoms with van der Waals surface area (Å²) in [6, 6.07) is 7.95. The predicted molar refractivity (Wildman–Crippen MR) is 68.2 cm³/mol. The Balaban J connectivity index is 2.26. The number of aromatic nitrogens is 2. The second-order valence-corrected chi connectivity index (χ2v) is 4.04. The number of methoxy groups -OCH3 is 1. The van der Waals surface area contributed by atoms with Gasteiger partial charge in [0.15, 0.2) is 5.82 Å². The molecule has 0 unspecified atom stereocenters. The van der Waals surface area contributed by atoms with Gasteiger partial charge in [-0.15, -0.1) is 0 Å². The molecule has 0 aliphatic carbocycles. The van der Waals surface area contributed by atoms with Crippen molar-refractivity contribution in [1.29, 1.82) is 5.26 Å². The second-order valence-electron chi connectivity index (χ2n) is 4.04. The summed E-state index contributed by atoms with van der Waals surface area (Å²) in [5.74, 6) is 1.10. The molecule has 0 radical (unpaired) electrons. The first-order valence-electron chi connectivity index (χ1n) is 5.50. The first-order chi connectivity index (χ1) is 8.63. The zero-order valence-corrected chi connectivity index (χ0v) is 10.3. The van der Waals surface area contributed by atoms with Crippen LogP contribution in [0.25, 0.3) is 0 Å². The fourth-order valence-electron chi connectivity index (χ4n) is 1.75. The number of hydrogen-bond donors (Lipinski definition) is 1. The fraction of sp³-hybridized carbons (Fsp3) is 0.231. The third-order valence-electron chi connectivity index (χ3n) is 2.73. The maximum atomic E-state index is 8.81. The van der Waals surface area contributed by atoms with E-state index in [4.69, 9.17) is 15.7 Å². The Labute approximate surface area is 105 Å². The zero-order valence-electron chi connectivity index (χ0n) is 10.3. The summed E-state index contributed by atoms with van der Waals surface area (Å²) < 4.78 is 6.92. The molecule has 0 atom stereocenters. The predicted octanol–water partition coefficient (Wildman–Crippen LogP) is 1.70. The van der Waals surface area contributed by atoms with Crippen molar-refractivity contribution in [3.05, 3.63) is 41.1 Å². The highest BCUT2D eigenvalue weighted by atomic mass is 16.5. The van der Waals surface area contributed by atoms with Gasteiger partial charge in [0.2, 0.25) is 0 Å². The molecule has 1 aromatic carbocycles. The second kappa shape index (κ2) is 4.80. The molecule has 1 aromatic heterocycles. The Bertz CT molecular complexity index is 610. The highest BCUT2D eigenvalue weighted by Gasteiger charge is 2.06. The number of ether oxygens (including phenoxy) is 1. The summed E-state index contributed by atoms with van der Waals surface area (Å²) in [5, 5.41) is 12.9. The Morgan fingerprint density at radius 1 is 1.50 bits per heavy atom. The van der Waals surface area contributed by atoms with E-state index in [0.717, 1.165) is 16.9 Å². The van der Waals surface area contributed by atoms with Crippen LogP contribution in [0.15, 0.2) is 24.4 Å². The van der Waals surface area contributed by atoms with Gasteiger partial charge in [0.1, 0.15) is 17.4 Å². The summed E-state index contributed by atoms with van der Waals surface area (Å²) in [4.78, 5) is 0. The third-order valence-corrected chi connectivity index (χ3v) is 2.73. The molecule has 0 spiro atoms. The molecular formula is C13H14N4O. The average Bonchev–Trinajstić information content (AvgIpc) is 2.72. The average molecular weight is 242 g/mol. The summed E-state index contributed by atoms with van der Waals surface area (Å²) in [5.41, 5.74) is 8.13. The van der Waals surface area contributed by atoms with Crippen molar-refractivity contribution in [2.24, 2.45) is 0 Å². The van der Waals surface area contributed by atoms with Gasteiger partial charge in [-0.2, -0.15) is 10.4 Å². The fourth-order valence-corrected chi connectivity index (χ4v) is 1.75. The third kappa shape index (κ3) is 2.28. The van der Waals surface area contributed by atoms with Gasteiger partial charge in [0.25, 0.3) is 0 Å². The van der Waals surface area contributed by atoms with E-state index >= 15 is 0 Å². The molecule has 92 valence electrons. The monoisotopic (exact) mass is 242 g/mol. The normalized spacial score (nSPS) is 10.1. The maximum absolute atomic E-state index is 8.81. The molecule has 0 saturated carbocycles. The van der Waals surface area contributed by atoms with Gasteiger partial charge in [-0.3, -0.25) is 4.68 Å².